The lowest BCUT2D eigenvalue weighted by molar-refractivity contribution is 0.376. The van der Waals surface area contributed by atoms with Crippen molar-refractivity contribution < 1.29 is 0 Å². The summed E-state index contributed by atoms with van der Waals surface area (Å²) in [7, 11) is 1.94. The van der Waals surface area contributed by atoms with Crippen molar-refractivity contribution in [2.75, 3.05) is 18.0 Å². The molecule has 2 aromatic heterocycles. The molecule has 1 fully saturated rings. The number of H-pyrrole nitrogens is 1. The first-order chi connectivity index (χ1) is 9.97. The standard InChI is InChI=1S/C14H23N7/c1-8-5-6-21(7-11(8)15)14-16-13(17-18-14)12-9(2)19-20(4)10(12)3/h8,11H,5-7,15H2,1-4H3,(H,16,17,18). The zero-order valence-corrected chi connectivity index (χ0v) is 13.1. The number of nitrogens with one attached hydrogen (secondary N) is 1. The van der Waals surface area contributed by atoms with E-state index < -0.39 is 0 Å². The van der Waals surface area contributed by atoms with Gasteiger partial charge in [0.05, 0.1) is 11.3 Å². The van der Waals surface area contributed by atoms with E-state index in [1.807, 2.05) is 25.6 Å². The van der Waals surface area contributed by atoms with E-state index in [-0.39, 0.29) is 6.04 Å². The van der Waals surface area contributed by atoms with Crippen molar-refractivity contribution in [3.8, 4) is 11.4 Å². The van der Waals surface area contributed by atoms with Crippen molar-refractivity contribution >= 4 is 5.95 Å². The lowest BCUT2D eigenvalue weighted by atomic mass is 9.95. The molecule has 3 heterocycles. The number of anilines is 1. The Kier molecular flexibility index (Phi) is 3.44. The van der Waals surface area contributed by atoms with Crippen molar-refractivity contribution in [3.05, 3.63) is 11.4 Å². The van der Waals surface area contributed by atoms with Crippen LogP contribution in [0.2, 0.25) is 0 Å². The smallest absolute Gasteiger partial charge is 0.245 e. The highest BCUT2D eigenvalue weighted by atomic mass is 15.4. The van der Waals surface area contributed by atoms with Crippen molar-refractivity contribution in [1.29, 1.82) is 0 Å². The number of hydrogen-bond acceptors (Lipinski definition) is 5. The fourth-order valence-electron chi connectivity index (χ4n) is 2.90. The second-order valence-corrected chi connectivity index (χ2v) is 6.03. The molecule has 0 saturated carbocycles. The van der Waals surface area contributed by atoms with Gasteiger partial charge in [-0.15, -0.1) is 5.10 Å². The van der Waals surface area contributed by atoms with Gasteiger partial charge in [0, 0.05) is 31.9 Å². The van der Waals surface area contributed by atoms with Gasteiger partial charge in [-0.1, -0.05) is 6.92 Å². The fourth-order valence-corrected chi connectivity index (χ4v) is 2.90. The Balaban J connectivity index is 1.87. The molecule has 3 N–H and O–H groups in total. The molecule has 3 rings (SSSR count). The van der Waals surface area contributed by atoms with E-state index in [0.717, 1.165) is 48.2 Å². The molecule has 7 nitrogen and oxygen atoms in total. The van der Waals surface area contributed by atoms with Crippen LogP contribution < -0.4 is 10.6 Å². The van der Waals surface area contributed by atoms with Crippen LogP contribution in [0.3, 0.4) is 0 Å². The summed E-state index contributed by atoms with van der Waals surface area (Å²) in [5.41, 5.74) is 9.23. The molecule has 0 spiro atoms. The van der Waals surface area contributed by atoms with Crippen LogP contribution >= 0.6 is 0 Å². The summed E-state index contributed by atoms with van der Waals surface area (Å²) in [6.07, 6.45) is 1.08. The first kappa shape index (κ1) is 14.1. The summed E-state index contributed by atoms with van der Waals surface area (Å²) in [6.45, 7) is 7.99. The predicted molar refractivity (Wildman–Crippen MR) is 82.0 cm³/mol. The third-order valence-corrected chi connectivity index (χ3v) is 4.52. The molecule has 1 saturated heterocycles. The molecule has 21 heavy (non-hydrogen) atoms. The van der Waals surface area contributed by atoms with E-state index in [2.05, 4.69) is 32.1 Å². The average molecular weight is 289 g/mol. The van der Waals surface area contributed by atoms with Crippen LogP contribution in [0.15, 0.2) is 0 Å². The lowest BCUT2D eigenvalue weighted by Crippen LogP contribution is -2.48. The highest BCUT2D eigenvalue weighted by Crippen LogP contribution is 2.26. The quantitative estimate of drug-likeness (QED) is 0.861. The number of aryl methyl sites for hydroxylation is 2. The molecule has 2 unspecified atom stereocenters. The second kappa shape index (κ2) is 5.14. The van der Waals surface area contributed by atoms with Crippen LogP contribution in [-0.4, -0.2) is 44.1 Å². The van der Waals surface area contributed by atoms with Crippen LogP contribution in [0.1, 0.15) is 24.7 Å². The van der Waals surface area contributed by atoms with Gasteiger partial charge in [0.25, 0.3) is 0 Å². The first-order valence-electron chi connectivity index (χ1n) is 7.41. The highest BCUT2D eigenvalue weighted by molar-refractivity contribution is 5.62. The molecule has 0 radical (unpaired) electrons. The molecule has 1 aliphatic rings. The van der Waals surface area contributed by atoms with E-state index >= 15 is 0 Å². The van der Waals surface area contributed by atoms with Crippen LogP contribution in [0.5, 0.6) is 0 Å². The minimum atomic E-state index is 0.183. The van der Waals surface area contributed by atoms with Gasteiger partial charge in [-0.05, 0) is 26.2 Å². The van der Waals surface area contributed by atoms with E-state index in [0.29, 0.717) is 5.92 Å². The number of nitrogens with zero attached hydrogens (tertiary/aromatic N) is 5. The molecule has 0 amide bonds. The zero-order valence-electron chi connectivity index (χ0n) is 13.1. The number of aromatic amines is 1. The Morgan fingerprint density at radius 2 is 2.10 bits per heavy atom. The Morgan fingerprint density at radius 3 is 2.71 bits per heavy atom. The van der Waals surface area contributed by atoms with Crippen LogP contribution in [0.25, 0.3) is 11.4 Å². The first-order valence-corrected chi connectivity index (χ1v) is 7.41. The third kappa shape index (κ3) is 2.42. The Labute approximate surface area is 124 Å². The van der Waals surface area contributed by atoms with Crippen LogP contribution in [0, 0.1) is 19.8 Å². The Hall–Kier alpha value is -1.89. The molecule has 0 bridgehead atoms. The van der Waals surface area contributed by atoms with E-state index in [4.69, 9.17) is 5.73 Å². The molecule has 2 aromatic rings. The number of hydrogen-bond donors (Lipinski definition) is 2. The Bertz CT molecular complexity index is 642. The molecule has 2 atom stereocenters. The van der Waals surface area contributed by atoms with Gasteiger partial charge < -0.3 is 10.6 Å². The van der Waals surface area contributed by atoms with Crippen molar-refractivity contribution in [2.45, 2.75) is 33.2 Å². The summed E-state index contributed by atoms with van der Waals surface area (Å²) < 4.78 is 1.87. The maximum atomic E-state index is 6.15. The predicted octanol–water partition coefficient (Wildman–Crippen LogP) is 0.996. The zero-order chi connectivity index (χ0) is 15.1. The average Bonchev–Trinajstić information content (AvgIpc) is 2.99. The van der Waals surface area contributed by atoms with Crippen LogP contribution in [-0.2, 0) is 7.05 Å². The number of rotatable bonds is 2. The number of aromatic nitrogens is 5. The van der Waals surface area contributed by atoms with Crippen molar-refractivity contribution in [1.82, 2.24) is 25.0 Å². The van der Waals surface area contributed by atoms with Crippen molar-refractivity contribution in [2.24, 2.45) is 18.7 Å². The molecule has 7 heteroatoms. The number of nitrogens with two attached hydrogens (primary N) is 1. The SMILES string of the molecule is Cc1nn(C)c(C)c1-c1nc(N2CCC(C)C(N)C2)n[nH]1. The van der Waals surface area contributed by atoms with Gasteiger partial charge in [0.15, 0.2) is 5.82 Å². The molecular weight excluding hydrogens is 266 g/mol. The number of piperidine rings is 1. The minimum Gasteiger partial charge on any atom is -0.338 e. The van der Waals surface area contributed by atoms with Gasteiger partial charge in [0.2, 0.25) is 5.95 Å². The fraction of sp³-hybridized carbons (Fsp3) is 0.643. The maximum absolute atomic E-state index is 6.15. The van der Waals surface area contributed by atoms with Gasteiger partial charge >= 0.3 is 0 Å². The molecule has 0 aromatic carbocycles. The normalized spacial score (nSPS) is 22.8. The van der Waals surface area contributed by atoms with Crippen molar-refractivity contribution in [3.63, 3.8) is 0 Å². The monoisotopic (exact) mass is 289 g/mol. The minimum absolute atomic E-state index is 0.183. The summed E-state index contributed by atoms with van der Waals surface area (Å²) >= 11 is 0. The lowest BCUT2D eigenvalue weighted by Gasteiger charge is -2.34. The summed E-state index contributed by atoms with van der Waals surface area (Å²) in [5.74, 6) is 2.07. The van der Waals surface area contributed by atoms with Gasteiger partial charge in [-0.2, -0.15) is 10.1 Å². The molecule has 114 valence electrons. The maximum Gasteiger partial charge on any atom is 0.245 e. The van der Waals surface area contributed by atoms with Gasteiger partial charge in [-0.25, -0.2) is 0 Å². The topological polar surface area (TPSA) is 88.7 Å². The van der Waals surface area contributed by atoms with Gasteiger partial charge in [0.1, 0.15) is 0 Å². The Morgan fingerprint density at radius 1 is 1.33 bits per heavy atom. The molecule has 1 aliphatic heterocycles. The van der Waals surface area contributed by atoms with E-state index in [9.17, 15) is 0 Å². The van der Waals surface area contributed by atoms with E-state index in [1.54, 1.807) is 0 Å². The summed E-state index contributed by atoms with van der Waals surface area (Å²) in [5, 5.41) is 11.8. The molecule has 0 aliphatic carbocycles. The highest BCUT2D eigenvalue weighted by Gasteiger charge is 2.26. The van der Waals surface area contributed by atoms with Crippen LogP contribution in [0.4, 0.5) is 5.95 Å². The van der Waals surface area contributed by atoms with Gasteiger partial charge in [-0.3, -0.25) is 9.78 Å². The second-order valence-electron chi connectivity index (χ2n) is 6.03. The van der Waals surface area contributed by atoms with E-state index in [1.165, 1.54) is 0 Å². The third-order valence-electron chi connectivity index (χ3n) is 4.52. The molecular formula is C14H23N7. The largest absolute Gasteiger partial charge is 0.338 e. The summed E-state index contributed by atoms with van der Waals surface area (Å²) in [4.78, 5) is 6.81. The summed E-state index contributed by atoms with van der Waals surface area (Å²) in [6, 6.07) is 0.183.